The molecule has 21 heavy (non-hydrogen) atoms. The largest absolute Gasteiger partial charge is 0.444 e. The molecule has 0 rings (SSSR count). The van der Waals surface area contributed by atoms with Crippen molar-refractivity contribution < 1.29 is 18.4 Å². The molecule has 0 bridgehead atoms. The van der Waals surface area contributed by atoms with Gasteiger partial charge >= 0.3 is 6.09 Å². The number of ether oxygens (including phenoxy) is 1. The van der Waals surface area contributed by atoms with E-state index in [-0.39, 0.29) is 6.42 Å². The smallest absolute Gasteiger partial charge is 0.408 e. The fraction of sp³-hybridized carbons (Fsp3) is 0.875. The Morgan fingerprint density at radius 3 is 2.29 bits per heavy atom. The zero-order valence-electron chi connectivity index (χ0n) is 17.1. The van der Waals surface area contributed by atoms with Crippen LogP contribution in [-0.2, 0) is 9.53 Å². The molecule has 0 aromatic carbocycles. The highest BCUT2D eigenvalue weighted by Gasteiger charge is 2.24. The first-order valence-electron chi connectivity index (χ1n) is 8.99. The molecule has 0 aromatic rings. The normalized spacial score (nSPS) is 17.2. The second-order valence-electron chi connectivity index (χ2n) is 6.81. The molecule has 0 saturated carbocycles. The number of alkyl carbamates (subject to hydrolysis) is 1. The maximum Gasteiger partial charge on any atom is 0.408 e. The average Bonchev–Trinajstić information content (AvgIpc) is 2.33. The third-order valence-electron chi connectivity index (χ3n) is 2.62. The third-order valence-corrected chi connectivity index (χ3v) is 2.62. The minimum atomic E-state index is -2.19. The summed E-state index contributed by atoms with van der Waals surface area (Å²) in [6.45, 7) is 9.06. The summed E-state index contributed by atoms with van der Waals surface area (Å²) in [4.78, 5) is 24.3. The molecule has 2 atom stereocenters. The number of rotatable bonds is 7. The monoisotopic (exact) mass is 303 g/mol. The fourth-order valence-corrected chi connectivity index (χ4v) is 1.64. The minimum absolute atomic E-state index is 0.0171. The van der Waals surface area contributed by atoms with Gasteiger partial charge in [0.15, 0.2) is 0 Å². The molecule has 0 aliphatic heterocycles. The second-order valence-corrected chi connectivity index (χ2v) is 6.81. The Labute approximate surface area is 133 Å². The maximum atomic E-state index is 12.3. The van der Waals surface area contributed by atoms with Crippen LogP contribution < -0.4 is 10.6 Å². The van der Waals surface area contributed by atoms with Crippen molar-refractivity contribution in [2.24, 2.45) is 11.8 Å². The van der Waals surface area contributed by atoms with Crippen molar-refractivity contribution in [2.75, 3.05) is 6.54 Å². The van der Waals surface area contributed by atoms with Gasteiger partial charge in [-0.3, -0.25) is 4.79 Å². The summed E-state index contributed by atoms with van der Waals surface area (Å²) in [5.74, 6) is -0.685. The van der Waals surface area contributed by atoms with Crippen LogP contribution in [0.15, 0.2) is 0 Å². The second kappa shape index (κ2) is 8.90. The first-order chi connectivity index (χ1) is 10.7. The lowest BCUT2D eigenvalue weighted by Crippen LogP contribution is -2.49. The van der Waals surface area contributed by atoms with Crippen LogP contribution in [0.25, 0.3) is 0 Å². The van der Waals surface area contributed by atoms with Gasteiger partial charge in [0.05, 0.1) is 0 Å². The Bertz CT molecular complexity index is 418. The van der Waals surface area contributed by atoms with Crippen molar-refractivity contribution >= 4 is 12.0 Å². The Hall–Kier alpha value is -1.26. The molecule has 5 heteroatoms. The highest BCUT2D eigenvalue weighted by molar-refractivity contribution is 5.85. The predicted octanol–water partition coefficient (Wildman–Crippen LogP) is 3.09. The van der Waals surface area contributed by atoms with Gasteiger partial charge in [0, 0.05) is 10.7 Å². The summed E-state index contributed by atoms with van der Waals surface area (Å²) in [5, 5.41) is 5.24. The zero-order chi connectivity index (χ0) is 19.1. The van der Waals surface area contributed by atoms with Gasteiger partial charge in [0.25, 0.3) is 0 Å². The molecular weight excluding hydrogens is 268 g/mol. The molecule has 0 saturated heterocycles. The van der Waals surface area contributed by atoms with Crippen LogP contribution in [0.4, 0.5) is 4.79 Å². The molecule has 0 radical (unpaired) electrons. The van der Waals surface area contributed by atoms with Crippen LogP contribution in [0.3, 0.4) is 0 Å². The van der Waals surface area contributed by atoms with E-state index in [1.54, 1.807) is 20.8 Å². The van der Waals surface area contributed by atoms with Crippen LogP contribution >= 0.6 is 0 Å². The van der Waals surface area contributed by atoms with Crippen molar-refractivity contribution in [3.63, 3.8) is 0 Å². The standard InChI is InChI=1S/C16H32N2O3/c1-11(2)8-9-17-14(19)13(10-12(3)4)18-15(20)21-16(5,6)7/h11-13H,8-10H2,1-7H3,(H,17,19)(H,18,20)/t13-/m0/s1/i3D3/t12?,13-. The molecule has 124 valence electrons. The van der Waals surface area contributed by atoms with E-state index in [2.05, 4.69) is 10.6 Å². The molecule has 0 aromatic heterocycles. The lowest BCUT2D eigenvalue weighted by molar-refractivity contribution is -0.123. The van der Waals surface area contributed by atoms with Crippen LogP contribution in [0.5, 0.6) is 0 Å². The number of hydrogen-bond acceptors (Lipinski definition) is 3. The van der Waals surface area contributed by atoms with Crippen LogP contribution in [0.1, 0.15) is 65.3 Å². The van der Waals surface area contributed by atoms with E-state index in [4.69, 9.17) is 8.85 Å². The van der Waals surface area contributed by atoms with E-state index in [0.29, 0.717) is 12.5 Å². The van der Waals surface area contributed by atoms with E-state index in [1.165, 1.54) is 6.92 Å². The van der Waals surface area contributed by atoms with Gasteiger partial charge in [-0.1, -0.05) is 27.6 Å². The summed E-state index contributed by atoms with van der Waals surface area (Å²) in [7, 11) is 0. The van der Waals surface area contributed by atoms with E-state index in [0.717, 1.165) is 6.42 Å². The Morgan fingerprint density at radius 1 is 1.19 bits per heavy atom. The summed E-state index contributed by atoms with van der Waals surface area (Å²) < 4.78 is 27.5. The highest BCUT2D eigenvalue weighted by Crippen LogP contribution is 2.09. The van der Waals surface area contributed by atoms with Gasteiger partial charge in [-0.25, -0.2) is 4.79 Å². The summed E-state index contributed by atoms with van der Waals surface area (Å²) in [5.41, 5.74) is -0.696. The molecular formula is C16H32N2O3. The molecule has 2 N–H and O–H groups in total. The van der Waals surface area contributed by atoms with Crippen molar-refractivity contribution in [1.29, 1.82) is 0 Å². The number of carbonyl (C=O) groups excluding carboxylic acids is 2. The first-order valence-corrected chi connectivity index (χ1v) is 7.49. The van der Waals surface area contributed by atoms with Crippen molar-refractivity contribution in [2.45, 2.75) is 72.9 Å². The molecule has 0 heterocycles. The topological polar surface area (TPSA) is 67.4 Å². The number of hydrogen-bond donors (Lipinski definition) is 2. The van der Waals surface area contributed by atoms with Crippen LogP contribution in [-0.4, -0.2) is 30.2 Å². The van der Waals surface area contributed by atoms with Gasteiger partial charge < -0.3 is 15.4 Å². The lowest BCUT2D eigenvalue weighted by atomic mass is 10.0. The van der Waals surface area contributed by atoms with E-state index >= 15 is 0 Å². The Balaban J connectivity index is 4.88. The number of nitrogens with one attached hydrogen (secondary N) is 2. The highest BCUT2D eigenvalue weighted by atomic mass is 16.6. The summed E-state index contributed by atoms with van der Waals surface area (Å²) in [6, 6.07) is -0.942. The lowest BCUT2D eigenvalue weighted by Gasteiger charge is -2.24. The summed E-state index contributed by atoms with van der Waals surface area (Å²) in [6.07, 6.45) is 0.0902. The van der Waals surface area contributed by atoms with Gasteiger partial charge in [0.2, 0.25) is 5.91 Å². The van der Waals surface area contributed by atoms with Crippen molar-refractivity contribution in [1.82, 2.24) is 10.6 Å². The SMILES string of the molecule is [2H]C([2H])([2H])C(C)C[C@H](NC(=O)OC(C)(C)C)C(=O)NCCC(C)C. The zero-order valence-corrected chi connectivity index (χ0v) is 14.1. The molecule has 1 unspecified atom stereocenters. The molecule has 0 aliphatic rings. The van der Waals surface area contributed by atoms with E-state index in [9.17, 15) is 9.59 Å². The van der Waals surface area contributed by atoms with Crippen molar-refractivity contribution in [3.8, 4) is 0 Å². The number of carbonyl (C=O) groups is 2. The Morgan fingerprint density at radius 2 is 1.81 bits per heavy atom. The minimum Gasteiger partial charge on any atom is -0.444 e. The predicted molar refractivity (Wildman–Crippen MR) is 85.1 cm³/mol. The Kier molecular flexibility index (Phi) is 6.22. The molecule has 0 fully saturated rings. The quantitative estimate of drug-likeness (QED) is 0.759. The average molecular weight is 303 g/mol. The number of amides is 2. The van der Waals surface area contributed by atoms with E-state index < -0.39 is 36.4 Å². The molecule has 2 amide bonds. The van der Waals surface area contributed by atoms with Crippen LogP contribution in [0.2, 0.25) is 0 Å². The van der Waals surface area contributed by atoms with Gasteiger partial charge in [-0.2, -0.15) is 0 Å². The maximum absolute atomic E-state index is 12.3. The van der Waals surface area contributed by atoms with Gasteiger partial charge in [-0.15, -0.1) is 0 Å². The van der Waals surface area contributed by atoms with Gasteiger partial charge in [-0.05, 0) is 45.4 Å². The fourth-order valence-electron chi connectivity index (χ4n) is 1.64. The van der Waals surface area contributed by atoms with Crippen molar-refractivity contribution in [3.05, 3.63) is 0 Å². The van der Waals surface area contributed by atoms with Crippen LogP contribution in [0, 0.1) is 11.8 Å². The third kappa shape index (κ3) is 11.1. The van der Waals surface area contributed by atoms with Gasteiger partial charge in [0.1, 0.15) is 11.6 Å². The first kappa shape index (κ1) is 14.7. The van der Waals surface area contributed by atoms with E-state index in [1.807, 2.05) is 13.8 Å². The molecule has 5 nitrogen and oxygen atoms in total. The molecule has 0 aliphatic carbocycles. The summed E-state index contributed by atoms with van der Waals surface area (Å²) >= 11 is 0. The molecule has 0 spiro atoms.